The van der Waals surface area contributed by atoms with Gasteiger partial charge in [0.05, 0.1) is 6.04 Å². The summed E-state index contributed by atoms with van der Waals surface area (Å²) in [6.45, 7) is 3.76. The highest BCUT2D eigenvalue weighted by Crippen LogP contribution is 2.33. The Labute approximate surface area is 82.4 Å². The fraction of sp³-hybridized carbons (Fsp3) is 0.400. The summed E-state index contributed by atoms with van der Waals surface area (Å²) >= 11 is 1.87. The molecule has 0 saturated carbocycles. The van der Waals surface area contributed by atoms with E-state index in [0.29, 0.717) is 0 Å². The van der Waals surface area contributed by atoms with Gasteiger partial charge in [0.15, 0.2) is 0 Å². The highest BCUT2D eigenvalue weighted by molar-refractivity contribution is 7.12. The van der Waals surface area contributed by atoms with Crippen molar-refractivity contribution in [1.82, 2.24) is 5.43 Å². The second-order valence-corrected chi connectivity index (χ2v) is 4.50. The highest BCUT2D eigenvalue weighted by Gasteiger charge is 2.17. The van der Waals surface area contributed by atoms with E-state index in [2.05, 4.69) is 18.1 Å². The zero-order valence-corrected chi connectivity index (χ0v) is 8.36. The maximum atomic E-state index is 5.42. The van der Waals surface area contributed by atoms with Gasteiger partial charge in [0, 0.05) is 9.75 Å². The van der Waals surface area contributed by atoms with Crippen LogP contribution in [0.3, 0.4) is 0 Å². The van der Waals surface area contributed by atoms with Gasteiger partial charge in [-0.15, -0.1) is 17.9 Å². The van der Waals surface area contributed by atoms with Crippen LogP contribution in [0.25, 0.3) is 0 Å². The molecule has 0 aliphatic heterocycles. The third kappa shape index (κ3) is 1.55. The molecule has 0 amide bonds. The van der Waals surface area contributed by atoms with E-state index in [4.69, 9.17) is 5.84 Å². The third-order valence-electron chi connectivity index (χ3n) is 2.49. The zero-order valence-electron chi connectivity index (χ0n) is 7.55. The second kappa shape index (κ2) is 3.62. The molecule has 1 heterocycles. The SMILES string of the molecule is C=CC(NN)c1cc2c(s1)CCC2. The molecule has 1 unspecified atom stereocenters. The van der Waals surface area contributed by atoms with Gasteiger partial charge in [0.1, 0.15) is 0 Å². The lowest BCUT2D eigenvalue weighted by Gasteiger charge is -2.07. The second-order valence-electron chi connectivity index (χ2n) is 3.33. The van der Waals surface area contributed by atoms with Crippen molar-refractivity contribution in [3.8, 4) is 0 Å². The Hall–Kier alpha value is -0.640. The molecule has 1 aliphatic carbocycles. The number of nitrogens with two attached hydrogens (primary N) is 1. The Morgan fingerprint density at radius 3 is 3.08 bits per heavy atom. The first-order valence-corrected chi connectivity index (χ1v) is 5.37. The van der Waals surface area contributed by atoms with Gasteiger partial charge in [0.2, 0.25) is 0 Å². The molecule has 0 radical (unpaired) electrons. The van der Waals surface area contributed by atoms with Crippen molar-refractivity contribution in [3.05, 3.63) is 34.0 Å². The maximum absolute atomic E-state index is 5.42. The summed E-state index contributed by atoms with van der Waals surface area (Å²) < 4.78 is 0. The molecule has 13 heavy (non-hydrogen) atoms. The molecule has 0 fully saturated rings. The van der Waals surface area contributed by atoms with Crippen LogP contribution in [0.2, 0.25) is 0 Å². The number of aryl methyl sites for hydroxylation is 2. The Morgan fingerprint density at radius 1 is 1.62 bits per heavy atom. The summed E-state index contributed by atoms with van der Waals surface area (Å²) in [6.07, 6.45) is 5.64. The predicted molar refractivity (Wildman–Crippen MR) is 56.6 cm³/mol. The number of hydrogen-bond donors (Lipinski definition) is 2. The van der Waals surface area contributed by atoms with E-state index in [-0.39, 0.29) is 6.04 Å². The number of hydrazine groups is 1. The standard InChI is InChI=1S/C10H14N2S/c1-2-8(12-11)10-6-7-4-3-5-9(7)13-10/h2,6,8,12H,1,3-5,11H2. The van der Waals surface area contributed by atoms with Crippen molar-refractivity contribution in [1.29, 1.82) is 0 Å². The fourth-order valence-corrected chi connectivity index (χ4v) is 3.09. The molecule has 1 aromatic heterocycles. The Morgan fingerprint density at radius 2 is 2.46 bits per heavy atom. The molecule has 0 aromatic carbocycles. The minimum absolute atomic E-state index is 0.121. The number of nitrogens with one attached hydrogen (secondary N) is 1. The number of rotatable bonds is 3. The first kappa shape index (κ1) is 8.94. The van der Waals surface area contributed by atoms with E-state index in [1.807, 2.05) is 17.4 Å². The van der Waals surface area contributed by atoms with E-state index >= 15 is 0 Å². The normalized spacial score (nSPS) is 17.0. The Kier molecular flexibility index (Phi) is 2.49. The smallest absolute Gasteiger partial charge is 0.0731 e. The number of fused-ring (bicyclic) bond motifs is 1. The van der Waals surface area contributed by atoms with Gasteiger partial charge in [-0.1, -0.05) is 6.08 Å². The van der Waals surface area contributed by atoms with Crippen molar-refractivity contribution in [2.45, 2.75) is 25.3 Å². The molecule has 70 valence electrons. The topological polar surface area (TPSA) is 38.0 Å². The molecular formula is C10H14N2S. The van der Waals surface area contributed by atoms with E-state index in [0.717, 1.165) is 0 Å². The minimum Gasteiger partial charge on any atom is -0.271 e. The molecule has 3 heteroatoms. The molecule has 2 rings (SSSR count). The molecule has 1 atom stereocenters. The van der Waals surface area contributed by atoms with Crippen molar-refractivity contribution >= 4 is 11.3 Å². The molecule has 2 nitrogen and oxygen atoms in total. The maximum Gasteiger partial charge on any atom is 0.0731 e. The van der Waals surface area contributed by atoms with Crippen LogP contribution < -0.4 is 11.3 Å². The average molecular weight is 194 g/mol. The van der Waals surface area contributed by atoms with Crippen molar-refractivity contribution < 1.29 is 0 Å². The summed E-state index contributed by atoms with van der Waals surface area (Å²) in [6, 6.07) is 2.38. The quantitative estimate of drug-likeness (QED) is 0.438. The van der Waals surface area contributed by atoms with Gasteiger partial charge in [-0.25, -0.2) is 5.43 Å². The van der Waals surface area contributed by atoms with E-state index < -0.39 is 0 Å². The molecule has 1 aromatic rings. The Balaban J connectivity index is 2.26. The van der Waals surface area contributed by atoms with Crippen molar-refractivity contribution in [3.63, 3.8) is 0 Å². The molecule has 1 aliphatic rings. The van der Waals surface area contributed by atoms with Crippen molar-refractivity contribution in [2.75, 3.05) is 0 Å². The van der Waals surface area contributed by atoms with Crippen LogP contribution in [0.4, 0.5) is 0 Å². The van der Waals surface area contributed by atoms with Gasteiger partial charge in [-0.05, 0) is 30.9 Å². The van der Waals surface area contributed by atoms with E-state index in [1.54, 1.807) is 0 Å². The lowest BCUT2D eigenvalue weighted by atomic mass is 10.2. The zero-order chi connectivity index (χ0) is 9.26. The first-order valence-electron chi connectivity index (χ1n) is 4.55. The summed E-state index contributed by atoms with van der Waals surface area (Å²) in [7, 11) is 0. The first-order chi connectivity index (χ1) is 6.35. The Bertz CT molecular complexity index is 295. The van der Waals surface area contributed by atoms with Gasteiger partial charge in [-0.3, -0.25) is 5.84 Å². The van der Waals surface area contributed by atoms with Gasteiger partial charge >= 0.3 is 0 Å². The molecule has 0 bridgehead atoms. The predicted octanol–water partition coefficient (Wildman–Crippen LogP) is 1.93. The van der Waals surface area contributed by atoms with Crippen molar-refractivity contribution in [2.24, 2.45) is 5.84 Å². The van der Waals surface area contributed by atoms with E-state index in [9.17, 15) is 0 Å². The lowest BCUT2D eigenvalue weighted by Crippen LogP contribution is -2.25. The largest absolute Gasteiger partial charge is 0.271 e. The summed E-state index contributed by atoms with van der Waals surface area (Å²) in [5.74, 6) is 5.42. The van der Waals surface area contributed by atoms with Crippen LogP contribution in [-0.2, 0) is 12.8 Å². The van der Waals surface area contributed by atoms with Crippen LogP contribution in [0, 0.1) is 0 Å². The summed E-state index contributed by atoms with van der Waals surface area (Å²) in [5.41, 5.74) is 4.26. The third-order valence-corrected chi connectivity index (χ3v) is 3.81. The highest BCUT2D eigenvalue weighted by atomic mass is 32.1. The molecule has 3 N–H and O–H groups in total. The van der Waals surface area contributed by atoms with Crippen LogP contribution in [0.15, 0.2) is 18.7 Å². The fourth-order valence-electron chi connectivity index (χ4n) is 1.77. The van der Waals surface area contributed by atoms with Gasteiger partial charge < -0.3 is 0 Å². The monoisotopic (exact) mass is 194 g/mol. The molecule has 0 saturated heterocycles. The van der Waals surface area contributed by atoms with Crippen LogP contribution >= 0.6 is 11.3 Å². The number of hydrogen-bond acceptors (Lipinski definition) is 3. The minimum atomic E-state index is 0.121. The molecule has 0 spiro atoms. The lowest BCUT2D eigenvalue weighted by molar-refractivity contribution is 0.666. The average Bonchev–Trinajstić information content (AvgIpc) is 2.65. The van der Waals surface area contributed by atoms with Crippen LogP contribution in [0.5, 0.6) is 0 Å². The summed E-state index contributed by atoms with van der Waals surface area (Å²) in [4.78, 5) is 2.83. The van der Waals surface area contributed by atoms with Crippen LogP contribution in [-0.4, -0.2) is 0 Å². The van der Waals surface area contributed by atoms with E-state index in [1.165, 1.54) is 34.6 Å². The van der Waals surface area contributed by atoms with Gasteiger partial charge in [-0.2, -0.15) is 0 Å². The number of thiophene rings is 1. The molecular weight excluding hydrogens is 180 g/mol. The van der Waals surface area contributed by atoms with Crippen LogP contribution in [0.1, 0.15) is 27.8 Å². The van der Waals surface area contributed by atoms with Gasteiger partial charge in [0.25, 0.3) is 0 Å². The summed E-state index contributed by atoms with van der Waals surface area (Å²) in [5, 5.41) is 0.